The van der Waals surface area contributed by atoms with Gasteiger partial charge in [0.15, 0.2) is 0 Å². The maximum absolute atomic E-state index is 13.9. The molecule has 1 aromatic heterocycles. The molecular formula is C31H27N3O3. The van der Waals surface area contributed by atoms with E-state index in [0.717, 1.165) is 5.56 Å². The lowest BCUT2D eigenvalue weighted by molar-refractivity contribution is 0.0976. The molecule has 1 heterocycles. The maximum Gasteiger partial charge on any atom is 0.261 e. The highest BCUT2D eigenvalue weighted by Crippen LogP contribution is 2.30. The van der Waals surface area contributed by atoms with Gasteiger partial charge in [-0.2, -0.15) is 0 Å². The Hall–Kier alpha value is -4.71. The molecule has 1 unspecified atom stereocenters. The number of para-hydroxylation sites is 1. The zero-order valence-electron chi connectivity index (χ0n) is 20.7. The van der Waals surface area contributed by atoms with E-state index in [1.807, 2.05) is 97.9 Å². The number of benzene rings is 4. The summed E-state index contributed by atoms with van der Waals surface area (Å²) in [5, 5.41) is 0.541. The standard InChI is InChI=1S/C31H27N3O3/c1-22(34(25-17-19-26(37-2)20-18-25)30(35)24-13-7-4-8-14-24)29-32-28-16-10-9-15-27(28)31(36)33(29)21-23-11-5-3-6-12-23/h3-20,22H,21H2,1-2H3. The summed E-state index contributed by atoms with van der Waals surface area (Å²) in [6.45, 7) is 2.25. The lowest BCUT2D eigenvalue weighted by Crippen LogP contribution is -2.38. The second-order valence-corrected chi connectivity index (χ2v) is 8.78. The van der Waals surface area contributed by atoms with Crippen LogP contribution in [-0.4, -0.2) is 22.6 Å². The molecule has 6 heteroatoms. The monoisotopic (exact) mass is 489 g/mol. The first-order chi connectivity index (χ1) is 18.1. The van der Waals surface area contributed by atoms with E-state index in [2.05, 4.69) is 0 Å². The first-order valence-corrected chi connectivity index (χ1v) is 12.1. The van der Waals surface area contributed by atoms with Crippen LogP contribution in [0.25, 0.3) is 10.9 Å². The topological polar surface area (TPSA) is 64.4 Å². The zero-order chi connectivity index (χ0) is 25.8. The van der Waals surface area contributed by atoms with Crippen LogP contribution in [0.2, 0.25) is 0 Å². The normalized spacial score (nSPS) is 11.7. The van der Waals surface area contributed by atoms with Crippen LogP contribution < -0.4 is 15.2 Å². The van der Waals surface area contributed by atoms with Gasteiger partial charge in [0.1, 0.15) is 11.6 Å². The first kappa shape index (κ1) is 24.0. The molecule has 37 heavy (non-hydrogen) atoms. The molecular weight excluding hydrogens is 462 g/mol. The summed E-state index contributed by atoms with van der Waals surface area (Å²) in [6, 6.07) is 33.0. The van der Waals surface area contributed by atoms with Crippen molar-refractivity contribution in [3.63, 3.8) is 0 Å². The zero-order valence-corrected chi connectivity index (χ0v) is 20.7. The van der Waals surface area contributed by atoms with E-state index in [1.165, 1.54) is 0 Å². The Kier molecular flexibility index (Phi) is 6.81. The first-order valence-electron chi connectivity index (χ1n) is 12.1. The summed E-state index contributed by atoms with van der Waals surface area (Å²) in [5.74, 6) is 1.01. The fourth-order valence-electron chi connectivity index (χ4n) is 4.52. The molecule has 0 aliphatic carbocycles. The number of aromatic nitrogens is 2. The van der Waals surface area contributed by atoms with Crippen LogP contribution in [-0.2, 0) is 6.54 Å². The third-order valence-corrected chi connectivity index (χ3v) is 6.43. The van der Waals surface area contributed by atoms with Gasteiger partial charge in [0.05, 0.1) is 30.6 Å². The molecule has 5 aromatic rings. The minimum absolute atomic E-state index is 0.141. The summed E-state index contributed by atoms with van der Waals surface area (Å²) in [6.07, 6.45) is 0. The van der Waals surface area contributed by atoms with Crippen LogP contribution in [0.1, 0.15) is 34.7 Å². The maximum atomic E-state index is 13.9. The highest BCUT2D eigenvalue weighted by atomic mass is 16.5. The van der Waals surface area contributed by atoms with Crippen molar-refractivity contribution < 1.29 is 9.53 Å². The molecule has 5 rings (SSSR count). The molecule has 0 radical (unpaired) electrons. The van der Waals surface area contributed by atoms with Crippen LogP contribution in [0, 0.1) is 0 Å². The van der Waals surface area contributed by atoms with Crippen LogP contribution in [0.5, 0.6) is 5.75 Å². The van der Waals surface area contributed by atoms with E-state index in [0.29, 0.717) is 40.3 Å². The molecule has 6 nitrogen and oxygen atoms in total. The van der Waals surface area contributed by atoms with Crippen molar-refractivity contribution in [1.29, 1.82) is 0 Å². The number of anilines is 1. The number of methoxy groups -OCH3 is 1. The fraction of sp³-hybridized carbons (Fsp3) is 0.129. The van der Waals surface area contributed by atoms with Gasteiger partial charge in [-0.05, 0) is 61.0 Å². The highest BCUT2D eigenvalue weighted by Gasteiger charge is 2.28. The Morgan fingerprint density at radius 1 is 0.865 bits per heavy atom. The van der Waals surface area contributed by atoms with Gasteiger partial charge in [-0.25, -0.2) is 4.98 Å². The predicted molar refractivity (Wildman–Crippen MR) is 146 cm³/mol. The van der Waals surface area contributed by atoms with Gasteiger partial charge >= 0.3 is 0 Å². The van der Waals surface area contributed by atoms with Crippen molar-refractivity contribution in [3.8, 4) is 5.75 Å². The highest BCUT2D eigenvalue weighted by molar-refractivity contribution is 6.06. The number of carbonyl (C=O) groups excluding carboxylic acids is 1. The molecule has 0 aliphatic heterocycles. The van der Waals surface area contributed by atoms with Gasteiger partial charge in [-0.1, -0.05) is 60.7 Å². The second-order valence-electron chi connectivity index (χ2n) is 8.78. The van der Waals surface area contributed by atoms with Gasteiger partial charge in [-0.3, -0.25) is 19.1 Å². The third kappa shape index (κ3) is 4.86. The predicted octanol–water partition coefficient (Wildman–Crippen LogP) is 5.86. The Labute approximate surface area is 215 Å². The average Bonchev–Trinajstić information content (AvgIpc) is 2.96. The van der Waals surface area contributed by atoms with Gasteiger partial charge in [0.25, 0.3) is 11.5 Å². The second kappa shape index (κ2) is 10.5. The number of hydrogen-bond donors (Lipinski definition) is 0. The average molecular weight is 490 g/mol. The fourth-order valence-corrected chi connectivity index (χ4v) is 4.52. The summed E-state index contributed by atoms with van der Waals surface area (Å²) in [5.41, 5.74) is 2.65. The van der Waals surface area contributed by atoms with Gasteiger partial charge in [-0.15, -0.1) is 0 Å². The van der Waals surface area contributed by atoms with Crippen molar-refractivity contribution in [3.05, 3.63) is 136 Å². The minimum atomic E-state index is -0.554. The molecule has 0 N–H and O–H groups in total. The molecule has 0 saturated carbocycles. The number of hydrogen-bond acceptors (Lipinski definition) is 4. The van der Waals surface area contributed by atoms with Crippen molar-refractivity contribution >= 4 is 22.5 Å². The van der Waals surface area contributed by atoms with E-state index in [-0.39, 0.29) is 11.5 Å². The number of nitrogens with zero attached hydrogens (tertiary/aromatic N) is 3. The number of carbonyl (C=O) groups is 1. The van der Waals surface area contributed by atoms with E-state index in [1.54, 1.807) is 34.8 Å². The van der Waals surface area contributed by atoms with Crippen LogP contribution in [0.4, 0.5) is 5.69 Å². The van der Waals surface area contributed by atoms with E-state index < -0.39 is 6.04 Å². The molecule has 0 saturated heterocycles. The summed E-state index contributed by atoms with van der Waals surface area (Å²) in [7, 11) is 1.60. The summed E-state index contributed by atoms with van der Waals surface area (Å²) >= 11 is 0. The van der Waals surface area contributed by atoms with Crippen molar-refractivity contribution in [2.45, 2.75) is 19.5 Å². The Balaban J connectivity index is 1.69. The SMILES string of the molecule is COc1ccc(N(C(=O)c2ccccc2)C(C)c2nc3ccccc3c(=O)n2Cc2ccccc2)cc1. The lowest BCUT2D eigenvalue weighted by Gasteiger charge is -2.31. The van der Waals surface area contributed by atoms with Gasteiger partial charge in [0.2, 0.25) is 0 Å². The summed E-state index contributed by atoms with van der Waals surface area (Å²) < 4.78 is 7.01. The van der Waals surface area contributed by atoms with Crippen molar-refractivity contribution in [2.75, 3.05) is 12.0 Å². The smallest absolute Gasteiger partial charge is 0.261 e. The molecule has 1 atom stereocenters. The number of ether oxygens (including phenoxy) is 1. The third-order valence-electron chi connectivity index (χ3n) is 6.43. The largest absolute Gasteiger partial charge is 0.497 e. The number of rotatable bonds is 7. The van der Waals surface area contributed by atoms with Gasteiger partial charge in [0, 0.05) is 11.3 Å². The molecule has 0 bridgehead atoms. The Bertz CT molecular complexity index is 1580. The van der Waals surface area contributed by atoms with Gasteiger partial charge < -0.3 is 4.74 Å². The van der Waals surface area contributed by atoms with E-state index in [4.69, 9.17) is 9.72 Å². The molecule has 0 fully saturated rings. The van der Waals surface area contributed by atoms with Crippen LogP contribution in [0.15, 0.2) is 114 Å². The van der Waals surface area contributed by atoms with Crippen LogP contribution in [0.3, 0.4) is 0 Å². The van der Waals surface area contributed by atoms with E-state index in [9.17, 15) is 9.59 Å². The molecule has 1 amide bonds. The number of amides is 1. The minimum Gasteiger partial charge on any atom is -0.497 e. The Morgan fingerprint density at radius 2 is 1.49 bits per heavy atom. The molecule has 4 aromatic carbocycles. The van der Waals surface area contributed by atoms with E-state index >= 15 is 0 Å². The Morgan fingerprint density at radius 3 is 2.16 bits per heavy atom. The van der Waals surface area contributed by atoms with Crippen LogP contribution >= 0.6 is 0 Å². The quantitative estimate of drug-likeness (QED) is 0.287. The lowest BCUT2D eigenvalue weighted by atomic mass is 10.1. The molecule has 184 valence electrons. The van der Waals surface area contributed by atoms with Crippen molar-refractivity contribution in [2.24, 2.45) is 0 Å². The molecule has 0 spiro atoms. The molecule has 0 aliphatic rings. The summed E-state index contributed by atoms with van der Waals surface area (Å²) in [4.78, 5) is 34.3. The van der Waals surface area contributed by atoms with Crippen molar-refractivity contribution in [1.82, 2.24) is 9.55 Å². The number of fused-ring (bicyclic) bond motifs is 1.